The molecule has 8 heteroatoms. The summed E-state index contributed by atoms with van der Waals surface area (Å²) in [5, 5.41) is 10.2. The normalized spacial score (nSPS) is 12.2. The molecule has 0 fully saturated rings. The maximum absolute atomic E-state index is 5.94. The monoisotopic (exact) mass is 459 g/mol. The van der Waals surface area contributed by atoms with Crippen molar-refractivity contribution >= 4 is 29.9 Å². The molecule has 0 aliphatic carbocycles. The Labute approximate surface area is 165 Å². The average molecular weight is 459 g/mol. The summed E-state index contributed by atoms with van der Waals surface area (Å²) in [6.07, 6.45) is 0.666. The van der Waals surface area contributed by atoms with Crippen LogP contribution in [-0.2, 0) is 6.42 Å². The van der Waals surface area contributed by atoms with Crippen molar-refractivity contribution in [2.45, 2.75) is 33.3 Å². The first-order chi connectivity index (χ1) is 11.6. The minimum Gasteiger partial charge on any atom is -0.489 e. The number of para-hydroxylation sites is 1. The molecule has 0 saturated heterocycles. The number of aromatic nitrogens is 2. The van der Waals surface area contributed by atoms with Crippen molar-refractivity contribution in [2.24, 2.45) is 4.99 Å². The van der Waals surface area contributed by atoms with Crippen LogP contribution < -0.4 is 15.4 Å². The van der Waals surface area contributed by atoms with E-state index in [-0.39, 0.29) is 30.1 Å². The Bertz CT molecular complexity index is 675. The van der Waals surface area contributed by atoms with E-state index in [1.807, 2.05) is 38.1 Å². The number of guanidine groups is 1. The van der Waals surface area contributed by atoms with Gasteiger partial charge in [-0.3, -0.25) is 4.99 Å². The van der Waals surface area contributed by atoms with Gasteiger partial charge in [0.2, 0.25) is 5.89 Å². The highest BCUT2D eigenvalue weighted by atomic mass is 127. The van der Waals surface area contributed by atoms with Gasteiger partial charge in [0.25, 0.3) is 0 Å². The summed E-state index contributed by atoms with van der Waals surface area (Å²) < 4.78 is 11.0. The third-order valence-corrected chi connectivity index (χ3v) is 3.40. The minimum atomic E-state index is 0. The standard InChI is InChI=1S/C17H25N5O2.HI/c1-12-7-5-6-8-15(12)23-13(2)11-20-17(18-4)19-10-9-16-21-14(3)22-24-16;/h5-8,13H,9-11H2,1-4H3,(H2,18,19,20);1H. The maximum atomic E-state index is 5.94. The average Bonchev–Trinajstić information content (AvgIpc) is 2.98. The summed E-state index contributed by atoms with van der Waals surface area (Å²) in [7, 11) is 1.74. The molecule has 0 aliphatic heterocycles. The van der Waals surface area contributed by atoms with Gasteiger partial charge in [0.1, 0.15) is 11.9 Å². The van der Waals surface area contributed by atoms with Crippen LogP contribution in [0.4, 0.5) is 0 Å². The molecule has 25 heavy (non-hydrogen) atoms. The maximum Gasteiger partial charge on any atom is 0.228 e. The smallest absolute Gasteiger partial charge is 0.228 e. The Hall–Kier alpha value is -1.84. The zero-order chi connectivity index (χ0) is 17.4. The number of ether oxygens (including phenoxy) is 1. The van der Waals surface area contributed by atoms with Crippen molar-refractivity contribution < 1.29 is 9.26 Å². The second-order valence-electron chi connectivity index (χ2n) is 5.56. The van der Waals surface area contributed by atoms with Gasteiger partial charge in [-0.1, -0.05) is 23.4 Å². The SMILES string of the molecule is CN=C(NCCc1nc(C)no1)NCC(C)Oc1ccccc1C.I. The summed E-state index contributed by atoms with van der Waals surface area (Å²) in [5.41, 5.74) is 1.13. The number of rotatable bonds is 7. The Kier molecular flexibility index (Phi) is 9.25. The highest BCUT2D eigenvalue weighted by molar-refractivity contribution is 14.0. The Morgan fingerprint density at radius 2 is 2.04 bits per heavy atom. The third kappa shape index (κ3) is 7.29. The molecule has 0 saturated carbocycles. The molecule has 1 unspecified atom stereocenters. The van der Waals surface area contributed by atoms with E-state index in [0.29, 0.717) is 37.2 Å². The predicted octanol–water partition coefficient (Wildman–Crippen LogP) is 2.48. The molecule has 7 nitrogen and oxygen atoms in total. The molecular weight excluding hydrogens is 433 g/mol. The lowest BCUT2D eigenvalue weighted by atomic mass is 10.2. The van der Waals surface area contributed by atoms with Gasteiger partial charge < -0.3 is 19.9 Å². The largest absolute Gasteiger partial charge is 0.489 e. The van der Waals surface area contributed by atoms with E-state index in [4.69, 9.17) is 9.26 Å². The number of aryl methyl sites for hydroxylation is 2. The number of benzene rings is 1. The zero-order valence-electron chi connectivity index (χ0n) is 15.1. The fraction of sp³-hybridized carbons (Fsp3) is 0.471. The first kappa shape index (κ1) is 21.2. The number of halogens is 1. The Morgan fingerprint density at radius 3 is 2.68 bits per heavy atom. The zero-order valence-corrected chi connectivity index (χ0v) is 17.4. The molecule has 0 amide bonds. The quantitative estimate of drug-likeness (QED) is 0.376. The van der Waals surface area contributed by atoms with E-state index in [1.54, 1.807) is 14.0 Å². The van der Waals surface area contributed by atoms with E-state index >= 15 is 0 Å². The molecule has 2 rings (SSSR count). The molecule has 2 aromatic rings. The van der Waals surface area contributed by atoms with E-state index in [1.165, 1.54) is 0 Å². The van der Waals surface area contributed by atoms with Gasteiger partial charge in [0.15, 0.2) is 11.8 Å². The van der Waals surface area contributed by atoms with Gasteiger partial charge in [-0.25, -0.2) is 0 Å². The van der Waals surface area contributed by atoms with Crippen molar-refractivity contribution in [2.75, 3.05) is 20.1 Å². The minimum absolute atomic E-state index is 0. The Balaban J connectivity index is 0.00000312. The first-order valence-corrected chi connectivity index (χ1v) is 8.04. The Morgan fingerprint density at radius 1 is 1.28 bits per heavy atom. The van der Waals surface area contributed by atoms with Gasteiger partial charge in [-0.05, 0) is 32.4 Å². The number of nitrogens with zero attached hydrogens (tertiary/aromatic N) is 3. The topological polar surface area (TPSA) is 84.6 Å². The van der Waals surface area contributed by atoms with Crippen LogP contribution in [0.3, 0.4) is 0 Å². The summed E-state index contributed by atoms with van der Waals surface area (Å²) >= 11 is 0. The molecule has 1 aromatic heterocycles. The summed E-state index contributed by atoms with van der Waals surface area (Å²) in [5.74, 6) is 2.88. The van der Waals surface area contributed by atoms with E-state index in [0.717, 1.165) is 11.3 Å². The van der Waals surface area contributed by atoms with Crippen LogP contribution in [0, 0.1) is 13.8 Å². The molecule has 1 heterocycles. The molecule has 0 spiro atoms. The van der Waals surface area contributed by atoms with Crippen LogP contribution in [0.2, 0.25) is 0 Å². The molecule has 0 radical (unpaired) electrons. The van der Waals surface area contributed by atoms with Gasteiger partial charge >= 0.3 is 0 Å². The van der Waals surface area contributed by atoms with Crippen LogP contribution in [0.15, 0.2) is 33.8 Å². The highest BCUT2D eigenvalue weighted by Gasteiger charge is 2.08. The summed E-state index contributed by atoms with van der Waals surface area (Å²) in [6.45, 7) is 7.17. The van der Waals surface area contributed by atoms with Crippen LogP contribution >= 0.6 is 24.0 Å². The highest BCUT2D eigenvalue weighted by Crippen LogP contribution is 2.17. The molecule has 1 aromatic carbocycles. The number of hydrogen-bond donors (Lipinski definition) is 2. The molecule has 0 aliphatic rings. The molecule has 0 bridgehead atoms. The second-order valence-corrected chi connectivity index (χ2v) is 5.56. The van der Waals surface area contributed by atoms with Gasteiger partial charge in [-0.15, -0.1) is 24.0 Å². The van der Waals surface area contributed by atoms with Crippen molar-refractivity contribution in [3.8, 4) is 5.75 Å². The first-order valence-electron chi connectivity index (χ1n) is 8.04. The number of nitrogens with one attached hydrogen (secondary N) is 2. The van der Waals surface area contributed by atoms with E-state index in [9.17, 15) is 0 Å². The van der Waals surface area contributed by atoms with Gasteiger partial charge in [0.05, 0.1) is 6.54 Å². The van der Waals surface area contributed by atoms with Crippen molar-refractivity contribution in [3.05, 3.63) is 41.5 Å². The van der Waals surface area contributed by atoms with Crippen molar-refractivity contribution in [1.82, 2.24) is 20.8 Å². The molecule has 1 atom stereocenters. The van der Waals surface area contributed by atoms with Crippen LogP contribution in [0.5, 0.6) is 5.75 Å². The lowest BCUT2D eigenvalue weighted by Crippen LogP contribution is -2.42. The second kappa shape index (κ2) is 10.9. The van der Waals surface area contributed by atoms with Crippen LogP contribution in [0.1, 0.15) is 24.2 Å². The van der Waals surface area contributed by atoms with Crippen LogP contribution in [0.25, 0.3) is 0 Å². The fourth-order valence-corrected chi connectivity index (χ4v) is 2.14. The van der Waals surface area contributed by atoms with Crippen molar-refractivity contribution in [3.63, 3.8) is 0 Å². The molecular formula is C17H26IN5O2. The molecule has 2 N–H and O–H groups in total. The van der Waals surface area contributed by atoms with E-state index < -0.39 is 0 Å². The third-order valence-electron chi connectivity index (χ3n) is 3.40. The van der Waals surface area contributed by atoms with E-state index in [2.05, 4.69) is 25.8 Å². The fourth-order valence-electron chi connectivity index (χ4n) is 2.14. The lowest BCUT2D eigenvalue weighted by molar-refractivity contribution is 0.222. The summed E-state index contributed by atoms with van der Waals surface area (Å²) in [4.78, 5) is 8.36. The number of aliphatic imine (C=N–C) groups is 1. The lowest BCUT2D eigenvalue weighted by Gasteiger charge is -2.18. The number of hydrogen-bond acceptors (Lipinski definition) is 5. The van der Waals surface area contributed by atoms with Gasteiger partial charge in [0, 0.05) is 20.0 Å². The van der Waals surface area contributed by atoms with Gasteiger partial charge in [-0.2, -0.15) is 4.98 Å². The molecule has 138 valence electrons. The predicted molar refractivity (Wildman–Crippen MR) is 109 cm³/mol. The van der Waals surface area contributed by atoms with Crippen molar-refractivity contribution in [1.29, 1.82) is 0 Å². The summed E-state index contributed by atoms with van der Waals surface area (Å²) in [6, 6.07) is 7.99. The van der Waals surface area contributed by atoms with Crippen LogP contribution in [-0.4, -0.2) is 42.3 Å².